The van der Waals surface area contributed by atoms with Crippen LogP contribution in [0.15, 0.2) is 60.8 Å². The number of esters is 1. The van der Waals surface area contributed by atoms with Crippen molar-refractivity contribution < 1.29 is 23.8 Å². The van der Waals surface area contributed by atoms with Crippen LogP contribution in [0, 0.1) is 11.3 Å². The molecule has 0 fully saturated rings. The van der Waals surface area contributed by atoms with Gasteiger partial charge in [0.25, 0.3) is 5.91 Å². The summed E-state index contributed by atoms with van der Waals surface area (Å²) >= 11 is 0. The summed E-state index contributed by atoms with van der Waals surface area (Å²) in [5.41, 5.74) is 2.88. The zero-order valence-electron chi connectivity index (χ0n) is 18.9. The Kier molecular flexibility index (Phi) is 8.41. The molecule has 3 rings (SSSR count). The number of amides is 1. The van der Waals surface area contributed by atoms with Crippen LogP contribution in [0.2, 0.25) is 0 Å². The summed E-state index contributed by atoms with van der Waals surface area (Å²) in [6.07, 6.45) is 4.79. The molecule has 1 heterocycles. The minimum Gasteiger partial charge on any atom is -0.493 e. The van der Waals surface area contributed by atoms with Gasteiger partial charge in [-0.1, -0.05) is 18.2 Å². The minimum atomic E-state index is -0.679. The molecule has 9 nitrogen and oxygen atoms in total. The van der Waals surface area contributed by atoms with Crippen LogP contribution in [0.1, 0.15) is 12.0 Å². The number of aromatic nitrogens is 2. The van der Waals surface area contributed by atoms with Gasteiger partial charge in [-0.3, -0.25) is 4.79 Å². The number of methoxy groups -OCH3 is 2. The molecule has 0 saturated heterocycles. The van der Waals surface area contributed by atoms with Crippen LogP contribution in [-0.4, -0.2) is 49.0 Å². The molecule has 0 unspecified atom stereocenters. The van der Waals surface area contributed by atoms with Gasteiger partial charge in [0.2, 0.25) is 0 Å². The number of nitrogens with zero attached hydrogens (tertiary/aromatic N) is 3. The Morgan fingerprint density at radius 1 is 1.12 bits per heavy atom. The third-order valence-corrected chi connectivity index (χ3v) is 4.72. The van der Waals surface area contributed by atoms with E-state index in [1.54, 1.807) is 43.3 Å². The van der Waals surface area contributed by atoms with Crippen LogP contribution >= 0.6 is 0 Å². The number of para-hydroxylation sites is 1. The average Bonchev–Trinajstić information content (AvgIpc) is 3.30. The quantitative estimate of drug-likeness (QED) is 0.281. The van der Waals surface area contributed by atoms with Crippen molar-refractivity contribution in [3.05, 3.63) is 66.4 Å². The lowest BCUT2D eigenvalue weighted by Gasteiger charge is -2.09. The predicted octanol–water partition coefficient (Wildman–Crippen LogP) is 3.14. The SMILES string of the molecule is COc1ccc(-c2nn(-c3ccccc3)cc2/C=C/C(=O)OCC(=O)NCCC#N)cc1OC. The highest BCUT2D eigenvalue weighted by Crippen LogP contribution is 2.33. The Labute approximate surface area is 197 Å². The molecule has 1 amide bonds. The van der Waals surface area contributed by atoms with Crippen molar-refractivity contribution in [3.63, 3.8) is 0 Å². The summed E-state index contributed by atoms with van der Waals surface area (Å²) in [5, 5.41) is 15.7. The van der Waals surface area contributed by atoms with Crippen LogP contribution in [0.5, 0.6) is 11.5 Å². The Hall–Kier alpha value is -4.58. The maximum absolute atomic E-state index is 12.2. The molecule has 2 aromatic carbocycles. The molecule has 0 aliphatic heterocycles. The van der Waals surface area contributed by atoms with Crippen molar-refractivity contribution in [1.29, 1.82) is 5.26 Å². The van der Waals surface area contributed by atoms with Crippen molar-refractivity contribution in [3.8, 4) is 34.5 Å². The lowest BCUT2D eigenvalue weighted by molar-refractivity contribution is -0.143. The van der Waals surface area contributed by atoms with Crippen molar-refractivity contribution in [2.75, 3.05) is 27.4 Å². The van der Waals surface area contributed by atoms with Crippen LogP contribution in [-0.2, 0) is 14.3 Å². The summed E-state index contributed by atoms with van der Waals surface area (Å²) in [5.74, 6) is -0.0189. The molecule has 3 aromatic rings. The van der Waals surface area contributed by atoms with E-state index in [1.807, 2.05) is 42.5 Å². The zero-order valence-corrected chi connectivity index (χ0v) is 18.9. The Morgan fingerprint density at radius 3 is 2.59 bits per heavy atom. The van der Waals surface area contributed by atoms with E-state index in [0.29, 0.717) is 22.8 Å². The molecule has 174 valence electrons. The first kappa shape index (κ1) is 24.1. The Morgan fingerprint density at radius 2 is 1.88 bits per heavy atom. The number of carbonyl (C=O) groups is 2. The number of rotatable bonds is 10. The third kappa shape index (κ3) is 6.23. The van der Waals surface area contributed by atoms with Gasteiger partial charge in [0, 0.05) is 29.9 Å². The van der Waals surface area contributed by atoms with Crippen molar-refractivity contribution in [2.45, 2.75) is 6.42 Å². The number of hydrogen-bond donors (Lipinski definition) is 1. The van der Waals surface area contributed by atoms with E-state index < -0.39 is 18.5 Å². The van der Waals surface area contributed by atoms with Gasteiger partial charge in [-0.25, -0.2) is 9.48 Å². The van der Waals surface area contributed by atoms with Crippen molar-refractivity contribution >= 4 is 18.0 Å². The van der Waals surface area contributed by atoms with Gasteiger partial charge in [-0.15, -0.1) is 0 Å². The lowest BCUT2D eigenvalue weighted by Crippen LogP contribution is -2.29. The topological polar surface area (TPSA) is 115 Å². The van der Waals surface area contributed by atoms with E-state index in [1.165, 1.54) is 6.08 Å². The maximum atomic E-state index is 12.2. The fourth-order valence-electron chi connectivity index (χ4n) is 3.08. The van der Waals surface area contributed by atoms with Crippen LogP contribution in [0.25, 0.3) is 23.0 Å². The van der Waals surface area contributed by atoms with E-state index in [-0.39, 0.29) is 13.0 Å². The first-order valence-electron chi connectivity index (χ1n) is 10.4. The van der Waals surface area contributed by atoms with Gasteiger partial charge in [0.15, 0.2) is 18.1 Å². The second-order valence-corrected chi connectivity index (χ2v) is 6.98. The Bertz CT molecular complexity index is 1210. The zero-order chi connectivity index (χ0) is 24.3. The van der Waals surface area contributed by atoms with Gasteiger partial charge in [0.05, 0.1) is 32.4 Å². The fraction of sp³-hybridized carbons (Fsp3) is 0.200. The summed E-state index contributed by atoms with van der Waals surface area (Å²) in [4.78, 5) is 23.8. The van der Waals surface area contributed by atoms with Crippen molar-refractivity contribution in [1.82, 2.24) is 15.1 Å². The molecule has 34 heavy (non-hydrogen) atoms. The molecule has 0 aliphatic carbocycles. The number of nitriles is 1. The Balaban J connectivity index is 1.84. The first-order valence-corrected chi connectivity index (χ1v) is 10.4. The number of nitrogens with one attached hydrogen (secondary N) is 1. The standard InChI is InChI=1S/C25H24N4O5/c1-32-21-11-9-18(15-22(21)33-2)25-19(16-29(28-25)20-7-4-3-5-8-20)10-12-24(31)34-17-23(30)27-14-6-13-26/h3-5,7-12,15-16H,6,14,17H2,1-2H3,(H,27,30)/b12-10+. The second-order valence-electron chi connectivity index (χ2n) is 6.98. The molecular formula is C25H24N4O5. The summed E-state index contributed by atoms with van der Waals surface area (Å²) in [7, 11) is 3.11. The number of benzene rings is 2. The smallest absolute Gasteiger partial charge is 0.331 e. The van der Waals surface area contributed by atoms with Gasteiger partial charge in [0.1, 0.15) is 5.69 Å². The summed E-state index contributed by atoms with van der Waals surface area (Å²) in [6.45, 7) is -0.226. The molecule has 9 heteroatoms. The molecule has 0 atom stereocenters. The van der Waals surface area contributed by atoms with Gasteiger partial charge < -0.3 is 19.5 Å². The van der Waals surface area contributed by atoms with E-state index >= 15 is 0 Å². The maximum Gasteiger partial charge on any atom is 0.331 e. The summed E-state index contributed by atoms with van der Waals surface area (Å²) < 4.78 is 17.4. The lowest BCUT2D eigenvalue weighted by atomic mass is 10.1. The fourth-order valence-corrected chi connectivity index (χ4v) is 3.08. The molecule has 1 N–H and O–H groups in total. The highest BCUT2D eigenvalue weighted by molar-refractivity contribution is 5.90. The largest absolute Gasteiger partial charge is 0.493 e. The predicted molar refractivity (Wildman–Crippen MR) is 125 cm³/mol. The molecule has 0 aliphatic rings. The minimum absolute atomic E-state index is 0.184. The van der Waals surface area contributed by atoms with Crippen LogP contribution in [0.4, 0.5) is 0 Å². The summed E-state index contributed by atoms with van der Waals surface area (Å²) in [6, 6.07) is 16.9. The van der Waals surface area contributed by atoms with Gasteiger partial charge >= 0.3 is 5.97 Å². The van der Waals surface area contributed by atoms with E-state index in [9.17, 15) is 9.59 Å². The van der Waals surface area contributed by atoms with Gasteiger partial charge in [-0.2, -0.15) is 10.4 Å². The molecule has 0 saturated carbocycles. The number of hydrogen-bond acceptors (Lipinski definition) is 7. The van der Waals surface area contributed by atoms with E-state index in [0.717, 1.165) is 11.3 Å². The molecule has 0 radical (unpaired) electrons. The van der Waals surface area contributed by atoms with E-state index in [4.69, 9.17) is 24.6 Å². The van der Waals surface area contributed by atoms with E-state index in [2.05, 4.69) is 5.32 Å². The normalized spacial score (nSPS) is 10.5. The molecular weight excluding hydrogens is 436 g/mol. The second kappa shape index (κ2) is 11.9. The van der Waals surface area contributed by atoms with Crippen molar-refractivity contribution in [2.24, 2.45) is 0 Å². The molecule has 0 spiro atoms. The van der Waals surface area contributed by atoms with Gasteiger partial charge in [-0.05, 0) is 36.4 Å². The molecule has 1 aromatic heterocycles. The number of ether oxygens (including phenoxy) is 3. The monoisotopic (exact) mass is 460 g/mol. The first-order chi connectivity index (χ1) is 16.5. The average molecular weight is 460 g/mol. The van der Waals surface area contributed by atoms with Crippen LogP contribution < -0.4 is 14.8 Å². The molecule has 0 bridgehead atoms. The highest BCUT2D eigenvalue weighted by atomic mass is 16.5. The van der Waals surface area contributed by atoms with Crippen LogP contribution in [0.3, 0.4) is 0 Å². The number of carbonyl (C=O) groups excluding carboxylic acids is 2. The third-order valence-electron chi connectivity index (χ3n) is 4.72. The highest BCUT2D eigenvalue weighted by Gasteiger charge is 2.14.